The van der Waals surface area contributed by atoms with Gasteiger partial charge in [0.2, 0.25) is 0 Å². The average Bonchev–Trinajstić information content (AvgIpc) is 2.95. The van der Waals surface area contributed by atoms with Gasteiger partial charge in [0.15, 0.2) is 11.2 Å². The molecule has 2 heterocycles. The number of fused-ring (bicyclic) bond motifs is 1. The second-order valence-corrected chi connectivity index (χ2v) is 6.39. The first-order valence-corrected chi connectivity index (χ1v) is 7.13. The Labute approximate surface area is 121 Å². The molecule has 0 unspecified atom stereocenters. The third-order valence-corrected chi connectivity index (χ3v) is 4.46. The van der Waals surface area contributed by atoms with Crippen molar-refractivity contribution in [1.82, 2.24) is 18.7 Å². The zero-order chi connectivity index (χ0) is 15.4. The van der Waals surface area contributed by atoms with Crippen LogP contribution >= 0.6 is 0 Å². The Hall–Kier alpha value is -1.89. The van der Waals surface area contributed by atoms with Gasteiger partial charge in [-0.2, -0.15) is 0 Å². The first kappa shape index (κ1) is 14.1. The predicted octanol–water partition coefficient (Wildman–Crippen LogP) is -0.0152. The number of rotatable bonds is 2. The van der Waals surface area contributed by atoms with Gasteiger partial charge in [-0.15, -0.1) is 0 Å². The van der Waals surface area contributed by atoms with Gasteiger partial charge in [-0.3, -0.25) is 13.9 Å². The Morgan fingerprint density at radius 2 is 2.14 bits per heavy atom. The number of aliphatic hydroxyl groups is 1. The molecule has 0 bridgehead atoms. The highest BCUT2D eigenvalue weighted by Crippen LogP contribution is 2.34. The van der Waals surface area contributed by atoms with E-state index in [0.717, 1.165) is 6.42 Å². The quantitative estimate of drug-likeness (QED) is 0.843. The highest BCUT2D eigenvalue weighted by Gasteiger charge is 2.33. The molecule has 1 saturated carbocycles. The molecule has 1 aliphatic carbocycles. The van der Waals surface area contributed by atoms with Crippen LogP contribution in [0, 0.1) is 5.92 Å². The van der Waals surface area contributed by atoms with E-state index < -0.39 is 5.60 Å². The number of aryl methyl sites for hydroxylation is 2. The third kappa shape index (κ3) is 2.21. The van der Waals surface area contributed by atoms with Crippen molar-refractivity contribution in [3.8, 4) is 0 Å². The van der Waals surface area contributed by atoms with Gasteiger partial charge in [0.05, 0.1) is 11.9 Å². The van der Waals surface area contributed by atoms with Crippen LogP contribution in [0.3, 0.4) is 0 Å². The fourth-order valence-electron chi connectivity index (χ4n) is 3.31. The zero-order valence-corrected chi connectivity index (χ0v) is 12.5. The normalized spacial score (nSPS) is 25.8. The molecule has 1 fully saturated rings. The highest BCUT2D eigenvalue weighted by molar-refractivity contribution is 5.69. The minimum absolute atomic E-state index is 0.149. The lowest BCUT2D eigenvalue weighted by Gasteiger charge is -2.17. The molecule has 1 N–H and O–H groups in total. The van der Waals surface area contributed by atoms with E-state index in [1.807, 2.05) is 0 Å². The van der Waals surface area contributed by atoms with Gasteiger partial charge in [-0.1, -0.05) is 0 Å². The van der Waals surface area contributed by atoms with E-state index in [4.69, 9.17) is 0 Å². The Bertz CT molecular complexity index is 812. The topological polar surface area (TPSA) is 82.1 Å². The van der Waals surface area contributed by atoms with Crippen molar-refractivity contribution in [2.24, 2.45) is 20.0 Å². The molecule has 2 aromatic rings. The van der Waals surface area contributed by atoms with Crippen LogP contribution in [0.5, 0.6) is 0 Å². The number of hydrogen-bond donors (Lipinski definition) is 1. The van der Waals surface area contributed by atoms with Crippen molar-refractivity contribution in [2.75, 3.05) is 0 Å². The molecule has 2 aromatic heterocycles. The van der Waals surface area contributed by atoms with Crippen LogP contribution < -0.4 is 11.2 Å². The third-order valence-electron chi connectivity index (χ3n) is 4.46. The predicted molar refractivity (Wildman–Crippen MR) is 78.2 cm³/mol. The summed E-state index contributed by atoms with van der Waals surface area (Å²) in [7, 11) is 3.37. The Kier molecular flexibility index (Phi) is 3.05. The lowest BCUT2D eigenvalue weighted by Crippen LogP contribution is -2.41. The molecular weight excluding hydrogens is 272 g/mol. The van der Waals surface area contributed by atoms with Crippen LogP contribution in [0.1, 0.15) is 26.2 Å². The Balaban J connectivity index is 2.09. The van der Waals surface area contributed by atoms with Gasteiger partial charge >= 0.3 is 5.69 Å². The van der Waals surface area contributed by atoms with E-state index in [1.165, 1.54) is 15.5 Å². The van der Waals surface area contributed by atoms with E-state index in [9.17, 15) is 14.7 Å². The van der Waals surface area contributed by atoms with Crippen molar-refractivity contribution in [3.05, 3.63) is 27.2 Å². The second kappa shape index (κ2) is 4.56. The molecule has 7 nitrogen and oxygen atoms in total. The Morgan fingerprint density at radius 3 is 2.76 bits per heavy atom. The van der Waals surface area contributed by atoms with Crippen LogP contribution in [0.2, 0.25) is 0 Å². The summed E-state index contributed by atoms with van der Waals surface area (Å²) in [6.45, 7) is 2.15. The van der Waals surface area contributed by atoms with Gasteiger partial charge in [-0.25, -0.2) is 9.78 Å². The van der Waals surface area contributed by atoms with E-state index in [-0.39, 0.29) is 17.2 Å². The summed E-state index contributed by atoms with van der Waals surface area (Å²) in [4.78, 5) is 29.0. The fourth-order valence-corrected chi connectivity index (χ4v) is 3.31. The van der Waals surface area contributed by atoms with Crippen molar-refractivity contribution in [3.63, 3.8) is 0 Å². The smallest absolute Gasteiger partial charge is 0.332 e. The molecule has 1 aliphatic rings. The summed E-state index contributed by atoms with van der Waals surface area (Å²) in [6.07, 6.45) is 3.69. The standard InChI is InChI=1S/C14H20N4O3/c1-14(21)5-4-9(6-14)7-18-12(19)10-11(15-8-16(10)2)17(3)13(18)20/h8-9,21H,4-7H2,1-3H3/t9-,14-/m1/s1. The van der Waals surface area contributed by atoms with Crippen LogP contribution in [0.25, 0.3) is 11.2 Å². The van der Waals surface area contributed by atoms with Gasteiger partial charge < -0.3 is 9.67 Å². The first-order chi connectivity index (χ1) is 9.80. The molecule has 0 aromatic carbocycles. The van der Waals surface area contributed by atoms with Crippen molar-refractivity contribution >= 4 is 11.2 Å². The summed E-state index contributed by atoms with van der Waals surface area (Å²) in [5.74, 6) is 0.149. The largest absolute Gasteiger partial charge is 0.390 e. The molecule has 114 valence electrons. The van der Waals surface area contributed by atoms with Crippen LogP contribution in [0.15, 0.2) is 15.9 Å². The highest BCUT2D eigenvalue weighted by atomic mass is 16.3. The van der Waals surface area contributed by atoms with E-state index in [1.54, 1.807) is 25.6 Å². The number of aromatic nitrogens is 4. The van der Waals surface area contributed by atoms with Crippen LogP contribution in [-0.4, -0.2) is 29.4 Å². The molecule has 0 spiro atoms. The second-order valence-electron chi connectivity index (χ2n) is 6.39. The summed E-state index contributed by atoms with van der Waals surface area (Å²) >= 11 is 0. The number of hydrogen-bond acceptors (Lipinski definition) is 4. The lowest BCUT2D eigenvalue weighted by molar-refractivity contribution is 0.0625. The summed E-state index contributed by atoms with van der Waals surface area (Å²) in [5, 5.41) is 10.0. The molecule has 7 heteroatoms. The SMILES string of the molecule is Cn1cnc2c1c(=O)n(C[C@@H]1CC[C@@](C)(O)C1)c(=O)n2C. The van der Waals surface area contributed by atoms with Gasteiger partial charge in [-0.05, 0) is 32.1 Å². The molecule has 21 heavy (non-hydrogen) atoms. The first-order valence-electron chi connectivity index (χ1n) is 7.13. The monoisotopic (exact) mass is 292 g/mol. The summed E-state index contributed by atoms with van der Waals surface area (Å²) in [6, 6.07) is 0. The maximum atomic E-state index is 12.6. The summed E-state index contributed by atoms with van der Waals surface area (Å²) in [5.41, 5.74) is -0.503. The van der Waals surface area contributed by atoms with Gasteiger partial charge in [0.1, 0.15) is 0 Å². The number of nitrogens with zero attached hydrogens (tertiary/aromatic N) is 4. The molecule has 0 radical (unpaired) electrons. The summed E-state index contributed by atoms with van der Waals surface area (Å²) < 4.78 is 4.32. The average molecular weight is 292 g/mol. The Morgan fingerprint density at radius 1 is 1.43 bits per heavy atom. The van der Waals surface area contributed by atoms with Crippen LogP contribution in [0.4, 0.5) is 0 Å². The van der Waals surface area contributed by atoms with E-state index in [2.05, 4.69) is 4.98 Å². The van der Waals surface area contributed by atoms with Crippen molar-refractivity contribution in [1.29, 1.82) is 0 Å². The molecule has 0 saturated heterocycles. The molecule has 0 amide bonds. The fraction of sp³-hybridized carbons (Fsp3) is 0.643. The minimum atomic E-state index is -0.684. The van der Waals surface area contributed by atoms with Gasteiger partial charge in [0.25, 0.3) is 5.56 Å². The maximum Gasteiger partial charge on any atom is 0.332 e. The minimum Gasteiger partial charge on any atom is -0.390 e. The molecular formula is C14H20N4O3. The molecule has 0 aliphatic heterocycles. The number of imidazole rings is 1. The lowest BCUT2D eigenvalue weighted by atomic mass is 10.0. The molecule has 2 atom stereocenters. The van der Waals surface area contributed by atoms with E-state index in [0.29, 0.717) is 30.6 Å². The molecule has 3 rings (SSSR count). The van der Waals surface area contributed by atoms with Crippen molar-refractivity contribution in [2.45, 2.75) is 38.3 Å². The van der Waals surface area contributed by atoms with E-state index >= 15 is 0 Å². The van der Waals surface area contributed by atoms with Crippen molar-refractivity contribution < 1.29 is 5.11 Å². The van der Waals surface area contributed by atoms with Crippen LogP contribution in [-0.2, 0) is 20.6 Å². The van der Waals surface area contributed by atoms with Gasteiger partial charge in [0, 0.05) is 20.6 Å². The maximum absolute atomic E-state index is 12.6. The zero-order valence-electron chi connectivity index (χ0n) is 12.5.